The van der Waals surface area contributed by atoms with Gasteiger partial charge in [-0.25, -0.2) is 12.8 Å². The van der Waals surface area contributed by atoms with Crippen LogP contribution in [0.4, 0.5) is 15.8 Å². The van der Waals surface area contributed by atoms with Gasteiger partial charge in [-0.3, -0.25) is 9.59 Å². The summed E-state index contributed by atoms with van der Waals surface area (Å²) in [7, 11) is -3.66. The largest absolute Gasteiger partial charge is 0.322 e. The molecule has 33 heavy (non-hydrogen) atoms. The van der Waals surface area contributed by atoms with Crippen LogP contribution in [0.25, 0.3) is 0 Å². The number of amides is 2. The maximum Gasteiger partial charge on any atom is 0.257 e. The number of hydrogen-bond acceptors (Lipinski definition) is 4. The number of nitrogens with zero attached hydrogens (tertiary/aromatic N) is 1. The van der Waals surface area contributed by atoms with Crippen molar-refractivity contribution in [3.63, 3.8) is 0 Å². The average molecular weight is 468 g/mol. The zero-order valence-corrected chi connectivity index (χ0v) is 18.4. The van der Waals surface area contributed by atoms with E-state index in [1.54, 1.807) is 24.3 Å². The van der Waals surface area contributed by atoms with Gasteiger partial charge in [0, 0.05) is 24.3 Å². The fourth-order valence-corrected chi connectivity index (χ4v) is 5.16. The van der Waals surface area contributed by atoms with Crippen molar-refractivity contribution >= 4 is 33.2 Å². The lowest BCUT2D eigenvalue weighted by atomic mass is 10.1. The van der Waals surface area contributed by atoms with Gasteiger partial charge in [-0.15, -0.1) is 0 Å². The van der Waals surface area contributed by atoms with Gasteiger partial charge in [0.2, 0.25) is 10.0 Å². The highest BCUT2D eigenvalue weighted by Crippen LogP contribution is 2.23. The van der Waals surface area contributed by atoms with Crippen LogP contribution in [-0.2, 0) is 10.0 Å². The number of halogens is 1. The zero-order valence-electron chi connectivity index (χ0n) is 17.6. The van der Waals surface area contributed by atoms with Crippen LogP contribution < -0.4 is 10.6 Å². The second-order valence-corrected chi connectivity index (χ2v) is 9.54. The fraction of sp³-hybridized carbons (Fsp3) is 0.167. The Hall–Kier alpha value is -3.56. The molecule has 0 aromatic heterocycles. The molecule has 1 saturated heterocycles. The van der Waals surface area contributed by atoms with Gasteiger partial charge in [-0.1, -0.05) is 18.2 Å². The van der Waals surface area contributed by atoms with Gasteiger partial charge in [-0.05, 0) is 67.4 Å². The van der Waals surface area contributed by atoms with E-state index in [9.17, 15) is 22.4 Å². The molecular weight excluding hydrogens is 445 g/mol. The van der Waals surface area contributed by atoms with E-state index in [0.29, 0.717) is 18.8 Å². The highest BCUT2D eigenvalue weighted by Gasteiger charge is 2.27. The predicted octanol–water partition coefficient (Wildman–Crippen LogP) is 4.11. The summed E-state index contributed by atoms with van der Waals surface area (Å²) in [6.45, 7) is 0.935. The normalized spacial score (nSPS) is 14.1. The highest BCUT2D eigenvalue weighted by molar-refractivity contribution is 7.89. The van der Waals surface area contributed by atoms with E-state index in [0.717, 1.165) is 12.8 Å². The van der Waals surface area contributed by atoms with Gasteiger partial charge in [0.15, 0.2) is 0 Å². The number of rotatable bonds is 6. The Morgan fingerprint density at radius 3 is 2.24 bits per heavy atom. The Labute approximate surface area is 191 Å². The van der Waals surface area contributed by atoms with E-state index in [4.69, 9.17) is 0 Å². The molecule has 0 aliphatic carbocycles. The van der Waals surface area contributed by atoms with Crippen LogP contribution in [0.2, 0.25) is 0 Å². The third-order valence-corrected chi connectivity index (χ3v) is 7.22. The van der Waals surface area contributed by atoms with Gasteiger partial charge in [-0.2, -0.15) is 4.31 Å². The van der Waals surface area contributed by atoms with Crippen LogP contribution in [0.1, 0.15) is 33.6 Å². The number of nitrogens with one attached hydrogen (secondary N) is 2. The van der Waals surface area contributed by atoms with Crippen LogP contribution in [0.5, 0.6) is 0 Å². The van der Waals surface area contributed by atoms with E-state index in [1.165, 1.54) is 52.8 Å². The van der Waals surface area contributed by atoms with Crippen molar-refractivity contribution < 1.29 is 22.4 Å². The lowest BCUT2D eigenvalue weighted by Crippen LogP contribution is -2.28. The summed E-state index contributed by atoms with van der Waals surface area (Å²) < 4.78 is 40.2. The van der Waals surface area contributed by atoms with Gasteiger partial charge in [0.05, 0.1) is 16.1 Å². The van der Waals surface area contributed by atoms with E-state index < -0.39 is 27.7 Å². The molecule has 0 spiro atoms. The van der Waals surface area contributed by atoms with E-state index >= 15 is 0 Å². The van der Waals surface area contributed by atoms with Crippen LogP contribution in [0.15, 0.2) is 77.7 Å². The molecule has 0 unspecified atom stereocenters. The third kappa shape index (κ3) is 5.10. The molecular formula is C24H22FN3O4S. The van der Waals surface area contributed by atoms with Crippen molar-refractivity contribution in [1.82, 2.24) is 4.31 Å². The molecule has 1 fully saturated rings. The van der Waals surface area contributed by atoms with Gasteiger partial charge in [0.25, 0.3) is 11.8 Å². The minimum atomic E-state index is -3.66. The molecule has 1 aliphatic rings. The minimum Gasteiger partial charge on any atom is -0.322 e. The monoisotopic (exact) mass is 467 g/mol. The van der Waals surface area contributed by atoms with E-state index in [1.807, 2.05) is 0 Å². The Morgan fingerprint density at radius 1 is 0.818 bits per heavy atom. The number of anilines is 2. The second-order valence-electron chi connectivity index (χ2n) is 7.60. The first-order chi connectivity index (χ1) is 15.8. The van der Waals surface area contributed by atoms with Crippen molar-refractivity contribution in [1.29, 1.82) is 0 Å². The number of carbonyl (C=O) groups excluding carboxylic acids is 2. The predicted molar refractivity (Wildman–Crippen MR) is 123 cm³/mol. The van der Waals surface area contributed by atoms with Gasteiger partial charge < -0.3 is 10.6 Å². The first-order valence-electron chi connectivity index (χ1n) is 10.4. The van der Waals surface area contributed by atoms with Gasteiger partial charge >= 0.3 is 0 Å². The lowest BCUT2D eigenvalue weighted by molar-refractivity contribution is 0.102. The van der Waals surface area contributed by atoms with Crippen molar-refractivity contribution in [2.45, 2.75) is 17.7 Å². The maximum atomic E-state index is 13.1. The maximum absolute atomic E-state index is 13.1. The number of para-hydroxylation sites is 1. The Bertz CT molecular complexity index is 1290. The first-order valence-corrected chi connectivity index (χ1v) is 11.9. The Morgan fingerprint density at radius 2 is 1.52 bits per heavy atom. The Kier molecular flexibility index (Phi) is 6.52. The molecule has 3 aromatic carbocycles. The van der Waals surface area contributed by atoms with Gasteiger partial charge in [0.1, 0.15) is 5.82 Å². The summed E-state index contributed by atoms with van der Waals surface area (Å²) in [4.78, 5) is 25.7. The van der Waals surface area contributed by atoms with Crippen molar-refractivity contribution in [3.8, 4) is 0 Å². The minimum absolute atomic E-state index is 0.0550. The molecule has 0 atom stereocenters. The molecule has 4 rings (SSSR count). The smallest absolute Gasteiger partial charge is 0.257 e. The topological polar surface area (TPSA) is 95.6 Å². The zero-order chi connectivity index (χ0) is 23.4. The van der Waals surface area contributed by atoms with Crippen LogP contribution in [0, 0.1) is 5.82 Å². The van der Waals surface area contributed by atoms with Crippen molar-refractivity contribution in [2.75, 3.05) is 23.7 Å². The summed E-state index contributed by atoms with van der Waals surface area (Å²) in [6, 6.07) is 17.6. The van der Waals surface area contributed by atoms with Crippen LogP contribution in [-0.4, -0.2) is 37.6 Å². The molecule has 1 heterocycles. The lowest BCUT2D eigenvalue weighted by Gasteiger charge is -2.16. The van der Waals surface area contributed by atoms with Crippen LogP contribution >= 0.6 is 0 Å². The summed E-state index contributed by atoms with van der Waals surface area (Å²) >= 11 is 0. The standard InChI is InChI=1S/C24H22FN3O4S/c25-18-10-12-19(13-11-18)26-24(30)21-8-1-2-9-22(21)27-23(29)17-6-5-7-20(16-17)33(31,32)28-14-3-4-15-28/h1-2,5-13,16H,3-4,14-15H2,(H,26,30)(H,27,29). The highest BCUT2D eigenvalue weighted by atomic mass is 32.2. The summed E-state index contributed by atoms with van der Waals surface area (Å²) in [6.07, 6.45) is 1.63. The molecule has 9 heteroatoms. The molecule has 170 valence electrons. The molecule has 3 aromatic rings. The molecule has 0 saturated carbocycles. The average Bonchev–Trinajstić information content (AvgIpc) is 3.37. The molecule has 2 amide bonds. The van der Waals surface area contributed by atoms with E-state index in [-0.39, 0.29) is 21.7 Å². The molecule has 0 bridgehead atoms. The van der Waals surface area contributed by atoms with E-state index in [2.05, 4.69) is 10.6 Å². The number of benzene rings is 3. The fourth-order valence-electron chi connectivity index (χ4n) is 3.59. The number of carbonyl (C=O) groups is 2. The number of hydrogen-bond donors (Lipinski definition) is 2. The van der Waals surface area contributed by atoms with Crippen molar-refractivity contribution in [3.05, 3.63) is 89.7 Å². The molecule has 1 aliphatic heterocycles. The Balaban J connectivity index is 1.54. The van der Waals surface area contributed by atoms with Crippen LogP contribution in [0.3, 0.4) is 0 Å². The third-order valence-electron chi connectivity index (χ3n) is 5.32. The molecule has 7 nitrogen and oxygen atoms in total. The summed E-state index contributed by atoms with van der Waals surface area (Å²) in [5.74, 6) is -1.45. The summed E-state index contributed by atoms with van der Waals surface area (Å²) in [5, 5.41) is 5.34. The SMILES string of the molecule is O=C(Nc1ccccc1C(=O)Nc1ccc(F)cc1)c1cccc(S(=O)(=O)N2CCCC2)c1. The summed E-state index contributed by atoms with van der Waals surface area (Å²) in [5.41, 5.74) is 1.03. The molecule has 2 N–H and O–H groups in total. The molecule has 0 radical (unpaired) electrons. The second kappa shape index (κ2) is 9.51. The van der Waals surface area contributed by atoms with Crippen molar-refractivity contribution in [2.24, 2.45) is 0 Å². The number of sulfonamides is 1. The quantitative estimate of drug-likeness (QED) is 0.570. The first kappa shape index (κ1) is 22.6.